The van der Waals surface area contributed by atoms with Crippen molar-refractivity contribution < 1.29 is 0 Å². The SMILES string of the molecule is CCN(CCCc1ccccc1)c1ccc2ccccc2c1. The van der Waals surface area contributed by atoms with E-state index in [2.05, 4.69) is 84.6 Å². The normalized spacial score (nSPS) is 10.8. The van der Waals surface area contributed by atoms with Crippen LogP contribution in [0.3, 0.4) is 0 Å². The van der Waals surface area contributed by atoms with Crippen LogP contribution in [-0.4, -0.2) is 13.1 Å². The Bertz CT molecular complexity index is 718. The molecule has 112 valence electrons. The maximum atomic E-state index is 2.47. The van der Waals surface area contributed by atoms with Crippen LogP contribution in [0.25, 0.3) is 10.8 Å². The smallest absolute Gasteiger partial charge is 0.0372 e. The fourth-order valence-electron chi connectivity index (χ4n) is 2.96. The molecule has 0 saturated carbocycles. The largest absolute Gasteiger partial charge is 0.372 e. The fourth-order valence-corrected chi connectivity index (χ4v) is 2.96. The molecule has 3 aromatic rings. The number of rotatable bonds is 6. The Hall–Kier alpha value is -2.28. The molecule has 0 radical (unpaired) electrons. The van der Waals surface area contributed by atoms with E-state index in [-0.39, 0.29) is 0 Å². The summed E-state index contributed by atoms with van der Waals surface area (Å²) in [5.74, 6) is 0. The number of benzene rings is 3. The zero-order valence-corrected chi connectivity index (χ0v) is 13.2. The molecule has 0 aliphatic rings. The first kappa shape index (κ1) is 14.6. The number of hydrogen-bond donors (Lipinski definition) is 0. The van der Waals surface area contributed by atoms with Crippen LogP contribution in [-0.2, 0) is 6.42 Å². The third-order valence-electron chi connectivity index (χ3n) is 4.22. The van der Waals surface area contributed by atoms with Crippen molar-refractivity contribution in [1.82, 2.24) is 0 Å². The van der Waals surface area contributed by atoms with Gasteiger partial charge in [-0.3, -0.25) is 0 Å². The van der Waals surface area contributed by atoms with Crippen LogP contribution in [0.1, 0.15) is 18.9 Å². The minimum Gasteiger partial charge on any atom is -0.372 e. The van der Waals surface area contributed by atoms with Gasteiger partial charge in [-0.25, -0.2) is 0 Å². The molecule has 3 aromatic carbocycles. The number of anilines is 1. The van der Waals surface area contributed by atoms with Gasteiger partial charge in [-0.2, -0.15) is 0 Å². The maximum Gasteiger partial charge on any atom is 0.0372 e. The van der Waals surface area contributed by atoms with Crippen molar-refractivity contribution in [2.75, 3.05) is 18.0 Å². The van der Waals surface area contributed by atoms with E-state index < -0.39 is 0 Å². The minimum atomic E-state index is 1.05. The van der Waals surface area contributed by atoms with Crippen molar-refractivity contribution in [2.45, 2.75) is 19.8 Å². The molecule has 0 aliphatic heterocycles. The highest BCUT2D eigenvalue weighted by Crippen LogP contribution is 2.22. The quantitative estimate of drug-likeness (QED) is 0.595. The molecular weight excluding hydrogens is 266 g/mol. The second kappa shape index (κ2) is 7.13. The van der Waals surface area contributed by atoms with Crippen molar-refractivity contribution in [3.63, 3.8) is 0 Å². The highest BCUT2D eigenvalue weighted by Gasteiger charge is 2.05. The van der Waals surface area contributed by atoms with E-state index >= 15 is 0 Å². The van der Waals surface area contributed by atoms with Gasteiger partial charge in [-0.15, -0.1) is 0 Å². The molecule has 0 unspecified atom stereocenters. The molecule has 0 heterocycles. The number of fused-ring (bicyclic) bond motifs is 1. The van der Waals surface area contributed by atoms with Crippen LogP contribution in [0.4, 0.5) is 5.69 Å². The Labute approximate surface area is 133 Å². The lowest BCUT2D eigenvalue weighted by Crippen LogP contribution is -2.24. The zero-order valence-electron chi connectivity index (χ0n) is 13.2. The second-order valence-corrected chi connectivity index (χ2v) is 5.70. The maximum absolute atomic E-state index is 2.47. The Kier molecular flexibility index (Phi) is 4.75. The Morgan fingerprint density at radius 3 is 2.27 bits per heavy atom. The van der Waals surface area contributed by atoms with Gasteiger partial charge < -0.3 is 4.90 Å². The van der Waals surface area contributed by atoms with Crippen molar-refractivity contribution in [2.24, 2.45) is 0 Å². The van der Waals surface area contributed by atoms with Gasteiger partial charge in [0.05, 0.1) is 0 Å². The van der Waals surface area contributed by atoms with Crippen LogP contribution in [0.5, 0.6) is 0 Å². The molecule has 0 aromatic heterocycles. The first-order chi connectivity index (χ1) is 10.9. The topological polar surface area (TPSA) is 3.24 Å². The molecule has 0 fully saturated rings. The van der Waals surface area contributed by atoms with E-state index in [4.69, 9.17) is 0 Å². The van der Waals surface area contributed by atoms with Crippen LogP contribution >= 0.6 is 0 Å². The van der Waals surface area contributed by atoms with Gasteiger partial charge in [0.15, 0.2) is 0 Å². The molecule has 0 bridgehead atoms. The molecule has 0 spiro atoms. The number of hydrogen-bond acceptors (Lipinski definition) is 1. The van der Waals surface area contributed by atoms with Crippen molar-refractivity contribution >= 4 is 16.5 Å². The average Bonchev–Trinajstić information content (AvgIpc) is 2.59. The standard InChI is InChI=1S/C21H23N/c1-2-22(16-8-11-18-9-4-3-5-10-18)21-15-14-19-12-6-7-13-20(19)17-21/h3-7,9-10,12-15,17H,2,8,11,16H2,1H3. The molecular formula is C21H23N. The molecule has 3 rings (SSSR count). The summed E-state index contributed by atoms with van der Waals surface area (Å²) < 4.78 is 0. The van der Waals surface area contributed by atoms with Gasteiger partial charge in [0, 0.05) is 18.8 Å². The van der Waals surface area contributed by atoms with Gasteiger partial charge in [0.1, 0.15) is 0 Å². The Morgan fingerprint density at radius 1 is 0.773 bits per heavy atom. The second-order valence-electron chi connectivity index (χ2n) is 5.70. The monoisotopic (exact) mass is 289 g/mol. The molecule has 0 saturated heterocycles. The third-order valence-corrected chi connectivity index (χ3v) is 4.22. The first-order valence-corrected chi connectivity index (χ1v) is 8.14. The highest BCUT2D eigenvalue weighted by atomic mass is 15.1. The van der Waals surface area contributed by atoms with Crippen molar-refractivity contribution in [3.05, 3.63) is 78.4 Å². The van der Waals surface area contributed by atoms with E-state index in [1.165, 1.54) is 28.4 Å². The summed E-state index contributed by atoms with van der Waals surface area (Å²) in [5.41, 5.74) is 2.76. The fraction of sp³-hybridized carbons (Fsp3) is 0.238. The summed E-state index contributed by atoms with van der Waals surface area (Å²) >= 11 is 0. The highest BCUT2D eigenvalue weighted by molar-refractivity contribution is 5.85. The molecule has 0 aliphatic carbocycles. The Balaban J connectivity index is 1.67. The lowest BCUT2D eigenvalue weighted by atomic mass is 10.1. The van der Waals surface area contributed by atoms with Crippen LogP contribution in [0, 0.1) is 0 Å². The first-order valence-electron chi connectivity index (χ1n) is 8.14. The van der Waals surface area contributed by atoms with E-state index in [1.54, 1.807) is 0 Å². The van der Waals surface area contributed by atoms with Crippen LogP contribution in [0.15, 0.2) is 72.8 Å². The summed E-state index contributed by atoms with van der Waals surface area (Å²) in [6, 6.07) is 26.1. The summed E-state index contributed by atoms with van der Waals surface area (Å²) in [6.45, 7) is 4.38. The van der Waals surface area contributed by atoms with Gasteiger partial charge in [0.25, 0.3) is 0 Å². The zero-order chi connectivity index (χ0) is 15.2. The van der Waals surface area contributed by atoms with E-state index in [0.717, 1.165) is 19.5 Å². The van der Waals surface area contributed by atoms with Crippen molar-refractivity contribution in [3.8, 4) is 0 Å². The number of aryl methyl sites for hydroxylation is 1. The predicted octanol–water partition coefficient (Wildman–Crippen LogP) is 5.30. The molecule has 1 nitrogen and oxygen atoms in total. The summed E-state index contributed by atoms with van der Waals surface area (Å²) in [5, 5.41) is 2.63. The average molecular weight is 289 g/mol. The minimum absolute atomic E-state index is 1.05. The molecule has 22 heavy (non-hydrogen) atoms. The van der Waals surface area contributed by atoms with Gasteiger partial charge in [-0.05, 0) is 48.2 Å². The third kappa shape index (κ3) is 3.48. The van der Waals surface area contributed by atoms with Crippen LogP contribution < -0.4 is 4.90 Å². The van der Waals surface area contributed by atoms with Gasteiger partial charge in [0.2, 0.25) is 0 Å². The summed E-state index contributed by atoms with van der Waals surface area (Å²) in [6.07, 6.45) is 2.33. The summed E-state index contributed by atoms with van der Waals surface area (Å²) in [7, 11) is 0. The van der Waals surface area contributed by atoms with E-state index in [9.17, 15) is 0 Å². The predicted molar refractivity (Wildman–Crippen MR) is 96.6 cm³/mol. The van der Waals surface area contributed by atoms with Crippen LogP contribution in [0.2, 0.25) is 0 Å². The lowest BCUT2D eigenvalue weighted by Gasteiger charge is -2.23. The molecule has 0 N–H and O–H groups in total. The summed E-state index contributed by atoms with van der Waals surface area (Å²) in [4.78, 5) is 2.47. The molecule has 0 atom stereocenters. The molecule has 1 heteroatoms. The van der Waals surface area contributed by atoms with E-state index in [1.807, 2.05) is 0 Å². The Morgan fingerprint density at radius 2 is 1.50 bits per heavy atom. The van der Waals surface area contributed by atoms with Gasteiger partial charge >= 0.3 is 0 Å². The number of nitrogens with zero attached hydrogens (tertiary/aromatic N) is 1. The molecule has 0 amide bonds. The lowest BCUT2D eigenvalue weighted by molar-refractivity contribution is 0.747. The van der Waals surface area contributed by atoms with E-state index in [0.29, 0.717) is 0 Å². The van der Waals surface area contributed by atoms with Gasteiger partial charge in [-0.1, -0.05) is 60.7 Å². The van der Waals surface area contributed by atoms with Crippen molar-refractivity contribution in [1.29, 1.82) is 0 Å².